The van der Waals surface area contributed by atoms with Crippen molar-refractivity contribution in [3.8, 4) is 0 Å². The Balaban J connectivity index is 2.00. The Hall–Kier alpha value is -0.610. The molecule has 0 aromatic rings. The summed E-state index contributed by atoms with van der Waals surface area (Å²) in [5.41, 5.74) is 5.96. The summed E-state index contributed by atoms with van der Waals surface area (Å²) in [5.74, 6) is 0.142. The maximum atomic E-state index is 12.6. The molecule has 0 radical (unpaired) electrons. The predicted molar refractivity (Wildman–Crippen MR) is 71.2 cm³/mol. The van der Waals surface area contributed by atoms with Crippen LogP contribution in [0, 0.1) is 5.41 Å². The number of nitrogens with zero attached hydrogens (tertiary/aromatic N) is 1. The van der Waals surface area contributed by atoms with E-state index in [1.54, 1.807) is 0 Å². The van der Waals surface area contributed by atoms with Crippen LogP contribution in [-0.2, 0) is 9.53 Å². The van der Waals surface area contributed by atoms with Crippen LogP contribution in [-0.4, -0.2) is 42.6 Å². The van der Waals surface area contributed by atoms with Crippen LogP contribution < -0.4 is 5.73 Å². The van der Waals surface area contributed by atoms with Gasteiger partial charge in [0, 0.05) is 26.3 Å². The van der Waals surface area contributed by atoms with Gasteiger partial charge in [-0.3, -0.25) is 4.79 Å². The van der Waals surface area contributed by atoms with Crippen molar-refractivity contribution in [1.82, 2.24) is 4.90 Å². The molecule has 0 aliphatic carbocycles. The molecule has 2 rings (SSSR count). The first-order chi connectivity index (χ1) is 8.43. The Morgan fingerprint density at radius 2 is 1.78 bits per heavy atom. The van der Waals surface area contributed by atoms with E-state index < -0.39 is 5.54 Å². The molecule has 0 spiro atoms. The molecule has 0 bridgehead atoms. The van der Waals surface area contributed by atoms with Crippen LogP contribution in [0.25, 0.3) is 0 Å². The summed E-state index contributed by atoms with van der Waals surface area (Å²) in [7, 11) is 0. The molecule has 4 heteroatoms. The second-order valence-corrected chi connectivity index (χ2v) is 6.58. The van der Waals surface area contributed by atoms with E-state index in [0.717, 1.165) is 25.9 Å². The van der Waals surface area contributed by atoms with Crippen molar-refractivity contribution in [3.63, 3.8) is 0 Å². The van der Waals surface area contributed by atoms with Gasteiger partial charge in [0.05, 0.1) is 5.54 Å². The summed E-state index contributed by atoms with van der Waals surface area (Å²) < 4.78 is 5.31. The zero-order valence-electron chi connectivity index (χ0n) is 11.7. The van der Waals surface area contributed by atoms with Gasteiger partial charge in [0.1, 0.15) is 0 Å². The fourth-order valence-electron chi connectivity index (χ4n) is 2.89. The molecule has 4 nitrogen and oxygen atoms in total. The second kappa shape index (κ2) is 5.17. The highest BCUT2D eigenvalue weighted by molar-refractivity contribution is 5.86. The summed E-state index contributed by atoms with van der Waals surface area (Å²) in [6.07, 6.45) is 4.67. The van der Waals surface area contributed by atoms with Crippen molar-refractivity contribution in [2.75, 3.05) is 26.3 Å². The molecule has 1 amide bonds. The van der Waals surface area contributed by atoms with Gasteiger partial charge in [0.25, 0.3) is 0 Å². The number of hydrogen-bond donors (Lipinski definition) is 1. The minimum atomic E-state index is -0.674. The molecule has 0 aromatic heterocycles. The molecule has 2 aliphatic heterocycles. The van der Waals surface area contributed by atoms with Gasteiger partial charge in [-0.25, -0.2) is 0 Å². The van der Waals surface area contributed by atoms with Gasteiger partial charge in [-0.2, -0.15) is 0 Å². The maximum Gasteiger partial charge on any atom is 0.242 e. The third-order valence-electron chi connectivity index (χ3n) is 4.44. The summed E-state index contributed by atoms with van der Waals surface area (Å²) >= 11 is 0. The first kappa shape index (κ1) is 13.8. The summed E-state index contributed by atoms with van der Waals surface area (Å²) in [5, 5.41) is 0. The molecule has 0 saturated carbocycles. The van der Waals surface area contributed by atoms with Crippen LogP contribution in [0.5, 0.6) is 0 Å². The minimum Gasteiger partial charge on any atom is -0.381 e. The number of ether oxygens (including phenoxy) is 1. The van der Waals surface area contributed by atoms with E-state index in [1.807, 2.05) is 4.90 Å². The lowest BCUT2D eigenvalue weighted by molar-refractivity contribution is -0.140. The SMILES string of the molecule is CC1(C)CCCN(C(=O)C2(N)CCOCC2)CC1. The average molecular weight is 254 g/mol. The van der Waals surface area contributed by atoms with E-state index >= 15 is 0 Å². The Bertz CT molecular complexity index is 309. The number of amides is 1. The molecule has 104 valence electrons. The molecule has 2 N–H and O–H groups in total. The van der Waals surface area contributed by atoms with Crippen molar-refractivity contribution in [2.45, 2.75) is 51.5 Å². The summed E-state index contributed by atoms with van der Waals surface area (Å²) in [6.45, 7) is 7.51. The molecular weight excluding hydrogens is 228 g/mol. The second-order valence-electron chi connectivity index (χ2n) is 6.58. The Morgan fingerprint density at radius 3 is 2.44 bits per heavy atom. The van der Waals surface area contributed by atoms with E-state index in [9.17, 15) is 4.79 Å². The van der Waals surface area contributed by atoms with Crippen molar-refractivity contribution in [3.05, 3.63) is 0 Å². The smallest absolute Gasteiger partial charge is 0.242 e. The molecule has 18 heavy (non-hydrogen) atoms. The van der Waals surface area contributed by atoms with E-state index in [2.05, 4.69) is 13.8 Å². The lowest BCUT2D eigenvalue weighted by Gasteiger charge is -2.36. The zero-order chi connectivity index (χ0) is 13.2. The van der Waals surface area contributed by atoms with Gasteiger partial charge in [-0.15, -0.1) is 0 Å². The topological polar surface area (TPSA) is 55.6 Å². The van der Waals surface area contributed by atoms with E-state index in [1.165, 1.54) is 6.42 Å². The van der Waals surface area contributed by atoms with Crippen molar-refractivity contribution < 1.29 is 9.53 Å². The number of rotatable bonds is 1. The molecule has 2 saturated heterocycles. The summed E-state index contributed by atoms with van der Waals surface area (Å²) in [4.78, 5) is 14.6. The van der Waals surface area contributed by atoms with Gasteiger partial charge in [-0.1, -0.05) is 13.8 Å². The minimum absolute atomic E-state index is 0.142. The highest BCUT2D eigenvalue weighted by Crippen LogP contribution is 2.31. The van der Waals surface area contributed by atoms with Gasteiger partial charge < -0.3 is 15.4 Å². The molecule has 0 atom stereocenters. The molecular formula is C14H26N2O2. The average Bonchev–Trinajstić information content (AvgIpc) is 2.50. The highest BCUT2D eigenvalue weighted by atomic mass is 16.5. The number of likely N-dealkylation sites (tertiary alicyclic amines) is 1. The molecule has 2 aliphatic rings. The van der Waals surface area contributed by atoms with Crippen molar-refractivity contribution in [2.24, 2.45) is 11.1 Å². The van der Waals surface area contributed by atoms with Gasteiger partial charge in [-0.05, 0) is 37.5 Å². The number of nitrogens with two attached hydrogens (primary N) is 1. The van der Waals surface area contributed by atoms with Crippen LogP contribution in [0.2, 0.25) is 0 Å². The first-order valence-corrected chi connectivity index (χ1v) is 7.09. The van der Waals surface area contributed by atoms with Gasteiger partial charge in [0.2, 0.25) is 5.91 Å². The number of carbonyl (C=O) groups excluding carboxylic acids is 1. The summed E-state index contributed by atoms with van der Waals surface area (Å²) in [6, 6.07) is 0. The van der Waals surface area contributed by atoms with Crippen LogP contribution in [0.15, 0.2) is 0 Å². The lowest BCUT2D eigenvalue weighted by atomic mass is 9.85. The molecule has 2 heterocycles. The lowest BCUT2D eigenvalue weighted by Crippen LogP contribution is -2.58. The third-order valence-corrected chi connectivity index (χ3v) is 4.44. The Morgan fingerprint density at radius 1 is 1.11 bits per heavy atom. The molecule has 0 aromatic carbocycles. The quantitative estimate of drug-likeness (QED) is 0.772. The Labute approximate surface area is 110 Å². The van der Waals surface area contributed by atoms with Crippen LogP contribution in [0.3, 0.4) is 0 Å². The third kappa shape index (κ3) is 3.04. The van der Waals surface area contributed by atoms with E-state index in [-0.39, 0.29) is 5.91 Å². The van der Waals surface area contributed by atoms with Crippen LogP contribution in [0.4, 0.5) is 0 Å². The fourth-order valence-corrected chi connectivity index (χ4v) is 2.89. The zero-order valence-corrected chi connectivity index (χ0v) is 11.7. The maximum absolute atomic E-state index is 12.6. The molecule has 0 unspecified atom stereocenters. The van der Waals surface area contributed by atoms with Crippen LogP contribution >= 0.6 is 0 Å². The standard InChI is InChI=1S/C14H26N2O2/c1-13(2)4-3-8-16(9-5-13)12(17)14(15)6-10-18-11-7-14/h3-11,15H2,1-2H3. The van der Waals surface area contributed by atoms with Crippen LogP contribution in [0.1, 0.15) is 46.0 Å². The largest absolute Gasteiger partial charge is 0.381 e. The monoisotopic (exact) mass is 254 g/mol. The van der Waals surface area contributed by atoms with E-state index in [4.69, 9.17) is 10.5 Å². The van der Waals surface area contributed by atoms with E-state index in [0.29, 0.717) is 31.5 Å². The Kier molecular flexibility index (Phi) is 3.97. The number of carbonyl (C=O) groups is 1. The first-order valence-electron chi connectivity index (χ1n) is 7.09. The molecule has 2 fully saturated rings. The van der Waals surface area contributed by atoms with Gasteiger partial charge in [0.15, 0.2) is 0 Å². The normalized spacial score (nSPS) is 27.6. The van der Waals surface area contributed by atoms with Gasteiger partial charge >= 0.3 is 0 Å². The highest BCUT2D eigenvalue weighted by Gasteiger charge is 2.39. The fraction of sp³-hybridized carbons (Fsp3) is 0.929. The number of hydrogen-bond acceptors (Lipinski definition) is 3. The van der Waals surface area contributed by atoms with Crippen molar-refractivity contribution in [1.29, 1.82) is 0 Å². The predicted octanol–water partition coefficient (Wildman–Crippen LogP) is 1.53. The van der Waals surface area contributed by atoms with Crippen molar-refractivity contribution >= 4 is 5.91 Å².